The third kappa shape index (κ3) is 36.6. The minimum Gasteiger partial charge on any atom is -0.462 e. The van der Waals surface area contributed by atoms with Gasteiger partial charge in [0.05, 0.1) is 13.2 Å². The number of hydrogen-bond acceptors (Lipinski definition) is 9. The second-order valence-electron chi connectivity index (χ2n) is 14.9. The molecule has 2 atom stereocenters. The quantitative estimate of drug-likeness (QED) is 0.0342. The molecule has 0 aliphatic heterocycles. The van der Waals surface area contributed by atoms with E-state index in [-0.39, 0.29) is 50.3 Å². The summed E-state index contributed by atoms with van der Waals surface area (Å²) in [4.78, 5) is 50.5. The number of esters is 4. The molecular formula is C44H82O9. The number of unbranched alkanes of at least 4 members (excludes halogenated alkanes) is 22. The molecule has 0 aromatic rings. The molecule has 0 fully saturated rings. The highest BCUT2D eigenvalue weighted by Gasteiger charge is 2.21. The lowest BCUT2D eigenvalue weighted by Gasteiger charge is -2.21. The van der Waals surface area contributed by atoms with Crippen molar-refractivity contribution in [3.05, 3.63) is 0 Å². The van der Waals surface area contributed by atoms with Gasteiger partial charge in [0.1, 0.15) is 13.2 Å². The van der Waals surface area contributed by atoms with E-state index in [0.29, 0.717) is 25.7 Å². The predicted molar refractivity (Wildman–Crippen MR) is 214 cm³/mol. The highest BCUT2D eigenvalue weighted by molar-refractivity contribution is 5.71. The van der Waals surface area contributed by atoms with Crippen LogP contribution in [0.1, 0.15) is 220 Å². The van der Waals surface area contributed by atoms with Gasteiger partial charge >= 0.3 is 23.9 Å². The van der Waals surface area contributed by atoms with Gasteiger partial charge in [-0.15, -0.1) is 0 Å². The molecule has 0 aromatic heterocycles. The Balaban J connectivity index is 5.09. The van der Waals surface area contributed by atoms with Crippen LogP contribution in [0.2, 0.25) is 0 Å². The van der Waals surface area contributed by atoms with E-state index >= 15 is 0 Å². The summed E-state index contributed by atoms with van der Waals surface area (Å²) in [5.41, 5.74) is 0. The molecule has 9 nitrogen and oxygen atoms in total. The summed E-state index contributed by atoms with van der Waals surface area (Å²) in [5.74, 6) is -1.33. The zero-order valence-corrected chi connectivity index (χ0v) is 34.9. The molecule has 0 rings (SSSR count). The molecule has 2 unspecified atom stereocenters. The van der Waals surface area contributed by atoms with Gasteiger partial charge in [-0.05, 0) is 25.7 Å². The molecule has 0 N–H and O–H groups in total. The molecule has 9 heteroatoms. The highest BCUT2D eigenvalue weighted by atomic mass is 16.6. The first-order chi connectivity index (χ1) is 25.9. The number of carbonyl (C=O) groups excluding carboxylic acids is 4. The van der Waals surface area contributed by atoms with Crippen molar-refractivity contribution in [3.8, 4) is 0 Å². The lowest BCUT2D eigenvalue weighted by atomic mass is 10.1. The molecule has 0 aromatic carbocycles. The van der Waals surface area contributed by atoms with Crippen LogP contribution in [0.15, 0.2) is 0 Å². The molecule has 0 bridgehead atoms. The molecule has 0 saturated heterocycles. The van der Waals surface area contributed by atoms with E-state index in [4.69, 9.17) is 23.7 Å². The van der Waals surface area contributed by atoms with Crippen molar-refractivity contribution in [2.45, 2.75) is 233 Å². The van der Waals surface area contributed by atoms with E-state index in [1.54, 1.807) is 0 Å². The standard InChI is InChI=1S/C44H82O9/c1-5-9-13-17-19-20-22-26-30-34-44(48)53-40(38-51-42(46)32-28-24-16-12-8-4)36-49-35-39(37-50-41(45)31-27-23-15-11-7-3)52-43(47)33-29-25-21-18-14-10-6-2/h39-40H,5-38H2,1-4H3. The number of ether oxygens (including phenoxy) is 5. The van der Waals surface area contributed by atoms with Crippen LogP contribution in [0.3, 0.4) is 0 Å². The average Bonchev–Trinajstić information content (AvgIpc) is 3.14. The first kappa shape index (κ1) is 50.8. The first-order valence-electron chi connectivity index (χ1n) is 22.1. The summed E-state index contributed by atoms with van der Waals surface area (Å²) >= 11 is 0. The normalized spacial score (nSPS) is 12.3. The zero-order valence-electron chi connectivity index (χ0n) is 34.9. The molecule has 0 radical (unpaired) electrons. The smallest absolute Gasteiger partial charge is 0.306 e. The Labute approximate surface area is 325 Å². The second-order valence-corrected chi connectivity index (χ2v) is 14.9. The molecule has 0 amide bonds. The Hall–Kier alpha value is -2.16. The van der Waals surface area contributed by atoms with Crippen LogP contribution in [0, 0.1) is 0 Å². The van der Waals surface area contributed by atoms with Crippen LogP contribution >= 0.6 is 0 Å². The van der Waals surface area contributed by atoms with E-state index in [1.165, 1.54) is 64.2 Å². The van der Waals surface area contributed by atoms with E-state index in [1.807, 2.05) is 0 Å². The van der Waals surface area contributed by atoms with Gasteiger partial charge in [0, 0.05) is 25.7 Å². The number of carbonyl (C=O) groups is 4. The molecule has 0 aliphatic rings. The second kappa shape index (κ2) is 39.5. The lowest BCUT2D eigenvalue weighted by Crippen LogP contribution is -2.34. The fourth-order valence-electron chi connectivity index (χ4n) is 6.12. The fraction of sp³-hybridized carbons (Fsp3) is 0.909. The van der Waals surface area contributed by atoms with Crippen LogP contribution in [0.25, 0.3) is 0 Å². The summed E-state index contributed by atoms with van der Waals surface area (Å²) < 4.78 is 28.4. The monoisotopic (exact) mass is 755 g/mol. The van der Waals surface area contributed by atoms with Crippen LogP contribution in [0.5, 0.6) is 0 Å². The Morgan fingerprint density at radius 2 is 0.566 bits per heavy atom. The summed E-state index contributed by atoms with van der Waals surface area (Å²) in [5, 5.41) is 0. The minimum atomic E-state index is -0.792. The van der Waals surface area contributed by atoms with E-state index in [9.17, 15) is 19.2 Å². The van der Waals surface area contributed by atoms with Gasteiger partial charge in [0.25, 0.3) is 0 Å². The predicted octanol–water partition coefficient (Wildman–Crippen LogP) is 11.7. The zero-order chi connectivity index (χ0) is 39.0. The van der Waals surface area contributed by atoms with Crippen LogP contribution in [0.4, 0.5) is 0 Å². The van der Waals surface area contributed by atoms with Gasteiger partial charge in [-0.25, -0.2) is 0 Å². The molecule has 0 spiro atoms. The molecule has 53 heavy (non-hydrogen) atoms. The molecular weight excluding hydrogens is 672 g/mol. The SMILES string of the molecule is CCCCCCCCCCCC(=O)OC(COCC(COC(=O)CCCCCCC)OC(=O)CCCCCCCCC)COC(=O)CCCCCCC. The van der Waals surface area contributed by atoms with Gasteiger partial charge in [0.2, 0.25) is 0 Å². The fourth-order valence-corrected chi connectivity index (χ4v) is 6.12. The number of rotatable bonds is 40. The average molecular weight is 755 g/mol. The van der Waals surface area contributed by atoms with Crippen molar-refractivity contribution in [1.29, 1.82) is 0 Å². The highest BCUT2D eigenvalue weighted by Crippen LogP contribution is 2.14. The molecule has 0 saturated carbocycles. The van der Waals surface area contributed by atoms with Gasteiger partial charge in [-0.2, -0.15) is 0 Å². The summed E-state index contributed by atoms with van der Waals surface area (Å²) in [6, 6.07) is 0. The van der Waals surface area contributed by atoms with Crippen LogP contribution in [-0.4, -0.2) is 62.5 Å². The third-order valence-corrected chi connectivity index (χ3v) is 9.50. The van der Waals surface area contributed by atoms with Gasteiger partial charge in [0.15, 0.2) is 12.2 Å². The molecule has 312 valence electrons. The Kier molecular flexibility index (Phi) is 37.9. The Morgan fingerprint density at radius 3 is 0.849 bits per heavy atom. The minimum absolute atomic E-state index is 0.0372. The van der Waals surface area contributed by atoms with E-state index in [0.717, 1.165) is 103 Å². The third-order valence-electron chi connectivity index (χ3n) is 9.50. The molecule has 0 heterocycles. The summed E-state index contributed by atoms with van der Waals surface area (Å²) in [6.45, 7) is 8.44. The lowest BCUT2D eigenvalue weighted by molar-refractivity contribution is -0.169. The summed E-state index contributed by atoms with van der Waals surface area (Å²) in [6.07, 6.45) is 27.9. The van der Waals surface area contributed by atoms with Crippen LogP contribution in [-0.2, 0) is 42.9 Å². The van der Waals surface area contributed by atoms with Crippen LogP contribution < -0.4 is 0 Å². The summed E-state index contributed by atoms with van der Waals surface area (Å²) in [7, 11) is 0. The van der Waals surface area contributed by atoms with Crippen molar-refractivity contribution in [1.82, 2.24) is 0 Å². The van der Waals surface area contributed by atoms with E-state index < -0.39 is 12.2 Å². The Bertz CT molecular complexity index is 862. The first-order valence-corrected chi connectivity index (χ1v) is 22.1. The molecule has 0 aliphatic carbocycles. The van der Waals surface area contributed by atoms with Gasteiger partial charge in [-0.1, -0.05) is 169 Å². The van der Waals surface area contributed by atoms with Gasteiger partial charge in [-0.3, -0.25) is 19.2 Å². The van der Waals surface area contributed by atoms with E-state index in [2.05, 4.69) is 27.7 Å². The maximum atomic E-state index is 12.8. The van der Waals surface area contributed by atoms with Crippen molar-refractivity contribution < 1.29 is 42.9 Å². The topological polar surface area (TPSA) is 114 Å². The van der Waals surface area contributed by atoms with Crippen molar-refractivity contribution in [2.24, 2.45) is 0 Å². The van der Waals surface area contributed by atoms with Crippen molar-refractivity contribution in [2.75, 3.05) is 26.4 Å². The van der Waals surface area contributed by atoms with Crippen molar-refractivity contribution in [3.63, 3.8) is 0 Å². The van der Waals surface area contributed by atoms with Gasteiger partial charge < -0.3 is 23.7 Å². The maximum Gasteiger partial charge on any atom is 0.306 e. The van der Waals surface area contributed by atoms with Crippen molar-refractivity contribution >= 4 is 23.9 Å². The number of hydrogen-bond donors (Lipinski definition) is 0. The Morgan fingerprint density at radius 1 is 0.321 bits per heavy atom. The largest absolute Gasteiger partial charge is 0.462 e. The maximum absolute atomic E-state index is 12.8.